The van der Waals surface area contributed by atoms with Crippen molar-refractivity contribution in [3.05, 3.63) is 29.3 Å². The molecule has 1 fully saturated rings. The van der Waals surface area contributed by atoms with Crippen LogP contribution in [0.1, 0.15) is 24.8 Å². The van der Waals surface area contributed by atoms with Gasteiger partial charge in [-0.05, 0) is 25.0 Å². The second kappa shape index (κ2) is 7.08. The molecule has 1 aliphatic rings. The van der Waals surface area contributed by atoms with Gasteiger partial charge in [-0.2, -0.15) is 0 Å². The quantitative estimate of drug-likeness (QED) is 0.864. The van der Waals surface area contributed by atoms with Crippen molar-refractivity contribution in [3.8, 4) is 0 Å². The second-order valence-corrected chi connectivity index (χ2v) is 6.93. The lowest BCUT2D eigenvalue weighted by Crippen LogP contribution is -2.50. The fourth-order valence-corrected chi connectivity index (χ4v) is 3.86. The van der Waals surface area contributed by atoms with Crippen LogP contribution in [0.4, 0.5) is 0 Å². The average Bonchev–Trinajstić information content (AvgIpc) is 2.97. The van der Waals surface area contributed by atoms with E-state index in [9.17, 15) is 9.59 Å². The number of nitrogens with zero attached hydrogens (tertiary/aromatic N) is 3. The zero-order chi connectivity index (χ0) is 16.2. The Morgan fingerprint density at radius 3 is 2.52 bits per heavy atom. The largest absolute Gasteiger partial charge is 0.339 e. The highest BCUT2D eigenvalue weighted by atomic mass is 32.1. The summed E-state index contributed by atoms with van der Waals surface area (Å²) in [4.78, 5) is 31.8. The van der Waals surface area contributed by atoms with Crippen LogP contribution in [-0.4, -0.2) is 52.8 Å². The summed E-state index contributed by atoms with van der Waals surface area (Å²) in [7, 11) is 0. The first-order chi connectivity index (χ1) is 11.1. The Morgan fingerprint density at radius 2 is 1.83 bits per heavy atom. The van der Waals surface area contributed by atoms with E-state index in [0.29, 0.717) is 32.6 Å². The van der Waals surface area contributed by atoms with Crippen molar-refractivity contribution >= 4 is 33.4 Å². The number of carbonyl (C=O) groups excluding carboxylic acids is 2. The van der Waals surface area contributed by atoms with Crippen molar-refractivity contribution < 1.29 is 9.59 Å². The first-order valence-electron chi connectivity index (χ1n) is 8.01. The van der Waals surface area contributed by atoms with Crippen LogP contribution in [0.25, 0.3) is 10.2 Å². The lowest BCUT2D eigenvalue weighted by molar-refractivity contribution is -0.138. The van der Waals surface area contributed by atoms with Crippen molar-refractivity contribution in [2.45, 2.75) is 26.2 Å². The number of aryl methyl sites for hydroxylation is 1. The molecule has 1 aromatic heterocycles. The molecule has 2 heterocycles. The summed E-state index contributed by atoms with van der Waals surface area (Å²) in [6.07, 6.45) is 2.22. The van der Waals surface area contributed by atoms with Gasteiger partial charge in [-0.3, -0.25) is 9.59 Å². The Labute approximate surface area is 139 Å². The zero-order valence-corrected chi connectivity index (χ0v) is 14.1. The molecule has 23 heavy (non-hydrogen) atoms. The van der Waals surface area contributed by atoms with E-state index in [0.717, 1.165) is 23.4 Å². The number of fused-ring (bicyclic) bond motifs is 1. The molecule has 0 bridgehead atoms. The smallest absolute Gasteiger partial charge is 0.222 e. The van der Waals surface area contributed by atoms with Crippen LogP contribution in [0, 0.1) is 0 Å². The maximum atomic E-state index is 12.2. The van der Waals surface area contributed by atoms with Crippen LogP contribution in [0.15, 0.2) is 24.3 Å². The first kappa shape index (κ1) is 15.9. The molecule has 0 saturated carbocycles. The summed E-state index contributed by atoms with van der Waals surface area (Å²) in [5.41, 5.74) is 1.04. The third-order valence-electron chi connectivity index (χ3n) is 4.20. The lowest BCUT2D eigenvalue weighted by atomic mass is 10.2. The van der Waals surface area contributed by atoms with Crippen molar-refractivity contribution in [1.29, 1.82) is 0 Å². The Hall–Kier alpha value is -1.95. The van der Waals surface area contributed by atoms with E-state index in [1.165, 1.54) is 4.70 Å². The Kier molecular flexibility index (Phi) is 4.91. The maximum Gasteiger partial charge on any atom is 0.222 e. The number of para-hydroxylation sites is 1. The fourth-order valence-electron chi connectivity index (χ4n) is 2.85. The van der Waals surface area contributed by atoms with Crippen molar-refractivity contribution in [3.63, 3.8) is 0 Å². The normalized spacial score (nSPS) is 15.2. The number of piperazine rings is 1. The topological polar surface area (TPSA) is 53.5 Å². The molecule has 122 valence electrons. The van der Waals surface area contributed by atoms with Crippen LogP contribution >= 0.6 is 11.3 Å². The van der Waals surface area contributed by atoms with Gasteiger partial charge >= 0.3 is 0 Å². The Balaban J connectivity index is 1.45. The van der Waals surface area contributed by atoms with Gasteiger partial charge in [0.25, 0.3) is 0 Å². The van der Waals surface area contributed by atoms with E-state index in [2.05, 4.69) is 11.1 Å². The molecule has 0 atom stereocenters. The molecular formula is C17H21N3O2S. The molecule has 2 aromatic rings. The molecule has 0 spiro atoms. The molecule has 0 aliphatic carbocycles. The molecule has 1 aliphatic heterocycles. The summed E-state index contributed by atoms with van der Waals surface area (Å²) in [5, 5.41) is 1.10. The van der Waals surface area contributed by atoms with E-state index >= 15 is 0 Å². The predicted octanol–water partition coefficient (Wildman–Crippen LogP) is 2.31. The molecule has 3 rings (SSSR count). The Bertz CT molecular complexity index is 672. The number of benzene rings is 1. The molecule has 2 amide bonds. The number of amides is 2. The van der Waals surface area contributed by atoms with E-state index < -0.39 is 0 Å². The van der Waals surface area contributed by atoms with Crippen LogP contribution in [0.5, 0.6) is 0 Å². The highest BCUT2D eigenvalue weighted by molar-refractivity contribution is 7.18. The van der Waals surface area contributed by atoms with Crippen LogP contribution in [-0.2, 0) is 16.0 Å². The Morgan fingerprint density at radius 1 is 1.13 bits per heavy atom. The van der Waals surface area contributed by atoms with Crippen LogP contribution < -0.4 is 0 Å². The maximum absolute atomic E-state index is 12.2. The number of aromatic nitrogens is 1. The second-order valence-electron chi connectivity index (χ2n) is 5.82. The molecule has 1 saturated heterocycles. The fraction of sp³-hybridized carbons (Fsp3) is 0.471. The molecule has 0 unspecified atom stereocenters. The highest BCUT2D eigenvalue weighted by Crippen LogP contribution is 2.22. The van der Waals surface area contributed by atoms with Gasteiger partial charge < -0.3 is 9.80 Å². The van der Waals surface area contributed by atoms with Gasteiger partial charge in [0.05, 0.1) is 15.2 Å². The summed E-state index contributed by atoms with van der Waals surface area (Å²) in [6.45, 7) is 4.19. The number of carbonyl (C=O) groups is 2. The number of hydrogen-bond acceptors (Lipinski definition) is 4. The average molecular weight is 331 g/mol. The summed E-state index contributed by atoms with van der Waals surface area (Å²) in [6, 6.07) is 8.12. The van der Waals surface area contributed by atoms with Gasteiger partial charge in [0.1, 0.15) is 0 Å². The van der Waals surface area contributed by atoms with Gasteiger partial charge in [0.15, 0.2) is 0 Å². The van der Waals surface area contributed by atoms with E-state index in [4.69, 9.17) is 0 Å². The standard InChI is InChI=1S/C17H21N3O2S/c1-13(21)19-9-11-20(12-10-19)17(22)8-4-7-16-18-14-5-2-3-6-15(14)23-16/h2-3,5-6H,4,7-12H2,1H3. The molecule has 5 nitrogen and oxygen atoms in total. The molecular weight excluding hydrogens is 310 g/mol. The summed E-state index contributed by atoms with van der Waals surface area (Å²) < 4.78 is 1.20. The number of rotatable bonds is 4. The molecule has 1 aromatic carbocycles. The van der Waals surface area contributed by atoms with Crippen LogP contribution in [0.2, 0.25) is 0 Å². The summed E-state index contributed by atoms with van der Waals surface area (Å²) in [5.74, 6) is 0.280. The lowest BCUT2D eigenvalue weighted by Gasteiger charge is -2.34. The van der Waals surface area contributed by atoms with Crippen molar-refractivity contribution in [1.82, 2.24) is 14.8 Å². The number of hydrogen-bond donors (Lipinski definition) is 0. The SMILES string of the molecule is CC(=O)N1CCN(C(=O)CCCc2nc3ccccc3s2)CC1. The summed E-state index contributed by atoms with van der Waals surface area (Å²) >= 11 is 1.71. The van der Waals surface area contributed by atoms with Gasteiger partial charge in [-0.1, -0.05) is 12.1 Å². The van der Waals surface area contributed by atoms with Gasteiger partial charge in [-0.25, -0.2) is 4.98 Å². The van der Waals surface area contributed by atoms with E-state index in [-0.39, 0.29) is 11.8 Å². The van der Waals surface area contributed by atoms with E-state index in [1.54, 1.807) is 23.2 Å². The minimum absolute atomic E-state index is 0.0907. The third kappa shape index (κ3) is 3.88. The van der Waals surface area contributed by atoms with E-state index in [1.807, 2.05) is 23.1 Å². The van der Waals surface area contributed by atoms with Crippen molar-refractivity contribution in [2.75, 3.05) is 26.2 Å². The van der Waals surface area contributed by atoms with Gasteiger partial charge in [0.2, 0.25) is 11.8 Å². The minimum atomic E-state index is 0.0907. The van der Waals surface area contributed by atoms with Crippen LogP contribution in [0.3, 0.4) is 0 Å². The number of thiazole rings is 1. The third-order valence-corrected chi connectivity index (χ3v) is 5.29. The minimum Gasteiger partial charge on any atom is -0.339 e. The first-order valence-corrected chi connectivity index (χ1v) is 8.83. The highest BCUT2D eigenvalue weighted by Gasteiger charge is 2.21. The van der Waals surface area contributed by atoms with Gasteiger partial charge in [-0.15, -0.1) is 11.3 Å². The molecule has 0 radical (unpaired) electrons. The predicted molar refractivity (Wildman–Crippen MR) is 91.4 cm³/mol. The monoisotopic (exact) mass is 331 g/mol. The molecule has 0 N–H and O–H groups in total. The molecule has 6 heteroatoms. The zero-order valence-electron chi connectivity index (χ0n) is 13.3. The van der Waals surface area contributed by atoms with Gasteiger partial charge in [0, 0.05) is 39.5 Å². The van der Waals surface area contributed by atoms with Crippen molar-refractivity contribution in [2.24, 2.45) is 0 Å².